The van der Waals surface area contributed by atoms with Gasteiger partial charge in [0.15, 0.2) is 5.78 Å². The van der Waals surface area contributed by atoms with Gasteiger partial charge < -0.3 is 5.73 Å². The first-order chi connectivity index (χ1) is 5.54. The fourth-order valence-electron chi connectivity index (χ4n) is 1.05. The molecule has 0 fully saturated rings. The molecule has 0 aliphatic rings. The maximum absolute atomic E-state index is 11.1. The highest BCUT2D eigenvalue weighted by atomic mass is 35.5. The van der Waals surface area contributed by atoms with Crippen LogP contribution >= 0.6 is 11.6 Å². The average Bonchev–Trinajstić information content (AvgIpc) is 1.97. The van der Waals surface area contributed by atoms with Gasteiger partial charge in [0.05, 0.1) is 10.6 Å². The smallest absolute Gasteiger partial charge is 0.163 e. The van der Waals surface area contributed by atoms with E-state index in [9.17, 15) is 4.79 Å². The van der Waals surface area contributed by atoms with Crippen LogP contribution in [-0.2, 0) is 0 Å². The molecule has 1 rings (SSSR count). The SMILES string of the molecule is CC(=O)c1c(Cl)ccc(C)c1N. The number of ketones is 1. The number of anilines is 1. The van der Waals surface area contributed by atoms with Crippen molar-refractivity contribution in [3.63, 3.8) is 0 Å². The molecule has 0 amide bonds. The Balaban J connectivity index is 3.43. The molecule has 0 spiro atoms. The number of aryl methyl sites for hydroxylation is 1. The zero-order chi connectivity index (χ0) is 9.30. The van der Waals surface area contributed by atoms with Gasteiger partial charge in [0, 0.05) is 5.69 Å². The van der Waals surface area contributed by atoms with Crippen LogP contribution in [-0.4, -0.2) is 5.78 Å². The first kappa shape index (κ1) is 9.07. The monoisotopic (exact) mass is 183 g/mol. The molecule has 0 saturated heterocycles. The van der Waals surface area contributed by atoms with E-state index in [0.717, 1.165) is 5.56 Å². The van der Waals surface area contributed by atoms with Crippen molar-refractivity contribution in [2.24, 2.45) is 0 Å². The highest BCUT2D eigenvalue weighted by Crippen LogP contribution is 2.25. The van der Waals surface area contributed by atoms with Gasteiger partial charge in [-0.25, -0.2) is 0 Å². The fraction of sp³-hybridized carbons (Fsp3) is 0.222. The van der Waals surface area contributed by atoms with E-state index in [1.807, 2.05) is 6.92 Å². The fourth-order valence-corrected chi connectivity index (χ4v) is 1.35. The molecule has 64 valence electrons. The molecule has 0 atom stereocenters. The Morgan fingerprint density at radius 1 is 1.50 bits per heavy atom. The first-order valence-corrected chi connectivity index (χ1v) is 3.97. The maximum atomic E-state index is 11.1. The van der Waals surface area contributed by atoms with E-state index in [2.05, 4.69) is 0 Å². The minimum Gasteiger partial charge on any atom is -0.398 e. The van der Waals surface area contributed by atoms with E-state index in [4.69, 9.17) is 17.3 Å². The van der Waals surface area contributed by atoms with Crippen LogP contribution < -0.4 is 5.73 Å². The molecular formula is C9H10ClNO. The minimum absolute atomic E-state index is 0.0961. The van der Waals surface area contributed by atoms with E-state index in [-0.39, 0.29) is 5.78 Å². The van der Waals surface area contributed by atoms with Gasteiger partial charge in [-0.3, -0.25) is 4.79 Å². The summed E-state index contributed by atoms with van der Waals surface area (Å²) in [7, 11) is 0. The summed E-state index contributed by atoms with van der Waals surface area (Å²) in [5.41, 5.74) is 7.47. The van der Waals surface area contributed by atoms with E-state index in [1.54, 1.807) is 12.1 Å². The molecule has 0 unspecified atom stereocenters. The summed E-state index contributed by atoms with van der Waals surface area (Å²) in [6, 6.07) is 3.48. The number of benzene rings is 1. The number of nitrogens with two attached hydrogens (primary N) is 1. The van der Waals surface area contributed by atoms with Gasteiger partial charge >= 0.3 is 0 Å². The van der Waals surface area contributed by atoms with Crippen molar-refractivity contribution in [2.45, 2.75) is 13.8 Å². The van der Waals surface area contributed by atoms with Crippen LogP contribution in [0.3, 0.4) is 0 Å². The summed E-state index contributed by atoms with van der Waals surface area (Å²) in [5, 5.41) is 0.422. The zero-order valence-corrected chi connectivity index (χ0v) is 7.77. The molecule has 3 heteroatoms. The second-order valence-corrected chi connectivity index (χ2v) is 3.12. The number of carbonyl (C=O) groups is 1. The molecule has 2 nitrogen and oxygen atoms in total. The summed E-state index contributed by atoms with van der Waals surface area (Å²) >= 11 is 5.80. The molecule has 0 radical (unpaired) electrons. The van der Waals surface area contributed by atoms with Crippen molar-refractivity contribution >= 4 is 23.1 Å². The number of hydrogen-bond donors (Lipinski definition) is 1. The highest BCUT2D eigenvalue weighted by Gasteiger charge is 2.10. The Bertz CT molecular complexity index is 334. The number of carbonyl (C=O) groups excluding carboxylic acids is 1. The molecular weight excluding hydrogens is 174 g/mol. The van der Waals surface area contributed by atoms with Gasteiger partial charge in [-0.05, 0) is 25.5 Å². The zero-order valence-electron chi connectivity index (χ0n) is 7.02. The predicted molar refractivity (Wildman–Crippen MR) is 50.6 cm³/mol. The largest absolute Gasteiger partial charge is 0.398 e. The average molecular weight is 184 g/mol. The van der Waals surface area contributed by atoms with Crippen molar-refractivity contribution < 1.29 is 4.79 Å². The van der Waals surface area contributed by atoms with Crippen LogP contribution in [0.1, 0.15) is 22.8 Å². The molecule has 1 aromatic rings. The third kappa shape index (κ3) is 1.43. The third-order valence-corrected chi connectivity index (χ3v) is 2.08. The van der Waals surface area contributed by atoms with Crippen LogP contribution in [0.25, 0.3) is 0 Å². The number of hydrogen-bond acceptors (Lipinski definition) is 2. The van der Waals surface area contributed by atoms with Crippen LogP contribution in [0.5, 0.6) is 0 Å². The van der Waals surface area contributed by atoms with E-state index >= 15 is 0 Å². The molecule has 0 heterocycles. The summed E-state index contributed by atoms with van der Waals surface area (Å²) < 4.78 is 0. The lowest BCUT2D eigenvalue weighted by atomic mass is 10.1. The predicted octanol–water partition coefficient (Wildman–Crippen LogP) is 2.43. The lowest BCUT2D eigenvalue weighted by Gasteiger charge is -2.06. The van der Waals surface area contributed by atoms with E-state index < -0.39 is 0 Å². The van der Waals surface area contributed by atoms with Crippen LogP contribution in [0.4, 0.5) is 5.69 Å². The number of rotatable bonds is 1. The van der Waals surface area contributed by atoms with E-state index in [1.165, 1.54) is 6.92 Å². The van der Waals surface area contributed by atoms with Crippen molar-refractivity contribution in [3.05, 3.63) is 28.3 Å². The van der Waals surface area contributed by atoms with Gasteiger partial charge in [-0.1, -0.05) is 17.7 Å². The highest BCUT2D eigenvalue weighted by molar-refractivity contribution is 6.34. The molecule has 0 aliphatic carbocycles. The standard InChI is InChI=1S/C9H10ClNO/c1-5-3-4-7(10)8(6(2)12)9(5)11/h3-4H,11H2,1-2H3. The molecule has 1 aromatic carbocycles. The van der Waals surface area contributed by atoms with Gasteiger partial charge in [0.1, 0.15) is 0 Å². The van der Waals surface area contributed by atoms with Crippen LogP contribution in [0.2, 0.25) is 5.02 Å². The Labute approximate surface area is 76.3 Å². The Morgan fingerprint density at radius 2 is 2.08 bits per heavy atom. The van der Waals surface area contributed by atoms with Gasteiger partial charge in [-0.2, -0.15) is 0 Å². The van der Waals surface area contributed by atoms with Crippen molar-refractivity contribution in [1.82, 2.24) is 0 Å². The Morgan fingerprint density at radius 3 is 2.50 bits per heavy atom. The second-order valence-electron chi connectivity index (χ2n) is 2.71. The van der Waals surface area contributed by atoms with Crippen LogP contribution in [0.15, 0.2) is 12.1 Å². The lowest BCUT2D eigenvalue weighted by molar-refractivity contribution is 0.101. The number of halogens is 1. The van der Waals surface area contributed by atoms with Crippen molar-refractivity contribution in [1.29, 1.82) is 0 Å². The van der Waals surface area contributed by atoms with Crippen LogP contribution in [0, 0.1) is 6.92 Å². The minimum atomic E-state index is -0.0961. The quantitative estimate of drug-likeness (QED) is 0.537. The molecule has 0 saturated carbocycles. The summed E-state index contributed by atoms with van der Waals surface area (Å²) in [4.78, 5) is 11.1. The van der Waals surface area contributed by atoms with Gasteiger partial charge in [0.25, 0.3) is 0 Å². The normalized spacial score (nSPS) is 9.92. The van der Waals surface area contributed by atoms with Crippen molar-refractivity contribution in [3.8, 4) is 0 Å². The summed E-state index contributed by atoms with van der Waals surface area (Å²) in [6.07, 6.45) is 0. The molecule has 12 heavy (non-hydrogen) atoms. The molecule has 2 N–H and O–H groups in total. The third-order valence-electron chi connectivity index (χ3n) is 1.76. The Hall–Kier alpha value is -1.02. The molecule has 0 aromatic heterocycles. The topological polar surface area (TPSA) is 43.1 Å². The summed E-state index contributed by atoms with van der Waals surface area (Å²) in [5.74, 6) is -0.0961. The van der Waals surface area contributed by atoms with Gasteiger partial charge in [-0.15, -0.1) is 0 Å². The Kier molecular flexibility index (Phi) is 2.38. The number of nitrogen functional groups attached to an aromatic ring is 1. The molecule has 0 aliphatic heterocycles. The van der Waals surface area contributed by atoms with Gasteiger partial charge in [0.2, 0.25) is 0 Å². The van der Waals surface area contributed by atoms with E-state index in [0.29, 0.717) is 16.3 Å². The molecule has 0 bridgehead atoms. The second kappa shape index (κ2) is 3.15. The van der Waals surface area contributed by atoms with Crippen molar-refractivity contribution in [2.75, 3.05) is 5.73 Å². The lowest BCUT2D eigenvalue weighted by Crippen LogP contribution is -2.02. The number of Topliss-reactive ketones (excluding diaryl/α,β-unsaturated/α-hetero) is 1. The first-order valence-electron chi connectivity index (χ1n) is 3.59. The summed E-state index contributed by atoms with van der Waals surface area (Å²) in [6.45, 7) is 3.30. The maximum Gasteiger partial charge on any atom is 0.163 e.